The van der Waals surface area contributed by atoms with Crippen molar-refractivity contribution in [3.05, 3.63) is 29.2 Å². The molecule has 0 radical (unpaired) electrons. The molecular formula is C13H18O3S. The standard InChI is InChI=1S/C13H18O3S/c1-14-11-8-10(6-5-7-17-4)9-12(15-2)13(11)16-3/h5,7-9H,6H2,1-4H3/b7-5+. The maximum absolute atomic E-state index is 5.29. The van der Waals surface area contributed by atoms with Crippen molar-refractivity contribution in [2.75, 3.05) is 27.6 Å². The maximum atomic E-state index is 5.29. The molecule has 1 aromatic carbocycles. The monoisotopic (exact) mass is 254 g/mol. The van der Waals surface area contributed by atoms with E-state index in [1.165, 1.54) is 0 Å². The third-order valence-electron chi connectivity index (χ3n) is 2.31. The molecule has 0 saturated heterocycles. The quantitative estimate of drug-likeness (QED) is 0.779. The Morgan fingerprint density at radius 1 is 1.06 bits per heavy atom. The van der Waals surface area contributed by atoms with E-state index < -0.39 is 0 Å². The topological polar surface area (TPSA) is 27.7 Å². The number of thioether (sulfide) groups is 1. The Labute approximate surface area is 107 Å². The normalized spacial score (nSPS) is 10.6. The summed E-state index contributed by atoms with van der Waals surface area (Å²) in [6.45, 7) is 0. The van der Waals surface area contributed by atoms with Crippen molar-refractivity contribution in [2.45, 2.75) is 6.42 Å². The van der Waals surface area contributed by atoms with Gasteiger partial charge in [-0.1, -0.05) is 6.08 Å². The van der Waals surface area contributed by atoms with Crippen LogP contribution >= 0.6 is 11.8 Å². The predicted octanol–water partition coefficient (Wildman–Crippen LogP) is 3.13. The number of ether oxygens (including phenoxy) is 3. The van der Waals surface area contributed by atoms with Gasteiger partial charge < -0.3 is 14.2 Å². The molecule has 0 N–H and O–H groups in total. The van der Waals surface area contributed by atoms with E-state index in [2.05, 4.69) is 11.5 Å². The van der Waals surface area contributed by atoms with Gasteiger partial charge in [-0.25, -0.2) is 0 Å². The summed E-state index contributed by atoms with van der Waals surface area (Å²) in [7, 11) is 4.85. The van der Waals surface area contributed by atoms with E-state index in [1.54, 1.807) is 33.1 Å². The van der Waals surface area contributed by atoms with Crippen LogP contribution in [0.25, 0.3) is 0 Å². The second kappa shape index (κ2) is 7.12. The van der Waals surface area contributed by atoms with Crippen LogP contribution in [-0.2, 0) is 6.42 Å². The van der Waals surface area contributed by atoms with Gasteiger partial charge in [-0.3, -0.25) is 0 Å². The molecule has 0 unspecified atom stereocenters. The zero-order chi connectivity index (χ0) is 12.7. The highest BCUT2D eigenvalue weighted by Gasteiger charge is 2.12. The van der Waals surface area contributed by atoms with Crippen LogP contribution in [0.1, 0.15) is 5.56 Å². The van der Waals surface area contributed by atoms with Crippen LogP contribution in [0.15, 0.2) is 23.6 Å². The summed E-state index contributed by atoms with van der Waals surface area (Å²) in [6, 6.07) is 3.93. The van der Waals surface area contributed by atoms with Crippen LogP contribution in [0.5, 0.6) is 17.2 Å². The van der Waals surface area contributed by atoms with E-state index in [9.17, 15) is 0 Å². The van der Waals surface area contributed by atoms with Crippen LogP contribution in [0.4, 0.5) is 0 Å². The van der Waals surface area contributed by atoms with Gasteiger partial charge in [0.1, 0.15) is 0 Å². The highest BCUT2D eigenvalue weighted by atomic mass is 32.2. The van der Waals surface area contributed by atoms with Crippen molar-refractivity contribution in [2.24, 2.45) is 0 Å². The number of methoxy groups -OCH3 is 3. The minimum absolute atomic E-state index is 0.632. The van der Waals surface area contributed by atoms with Crippen molar-refractivity contribution in [1.82, 2.24) is 0 Å². The molecule has 0 fully saturated rings. The van der Waals surface area contributed by atoms with Gasteiger partial charge >= 0.3 is 0 Å². The molecule has 0 aliphatic rings. The first-order valence-corrected chi connectivity index (χ1v) is 6.52. The molecule has 0 aliphatic heterocycles. The Balaban J connectivity index is 3.04. The minimum Gasteiger partial charge on any atom is -0.493 e. The Hall–Kier alpha value is -1.29. The molecule has 0 amide bonds. The summed E-state index contributed by atoms with van der Waals surface area (Å²) in [4.78, 5) is 0. The zero-order valence-electron chi connectivity index (χ0n) is 10.6. The summed E-state index contributed by atoms with van der Waals surface area (Å²) in [6.07, 6.45) is 4.98. The average Bonchev–Trinajstić information content (AvgIpc) is 2.37. The fourth-order valence-corrected chi connectivity index (χ4v) is 1.82. The Morgan fingerprint density at radius 3 is 2.06 bits per heavy atom. The average molecular weight is 254 g/mol. The van der Waals surface area contributed by atoms with Gasteiger partial charge in [0.15, 0.2) is 11.5 Å². The van der Waals surface area contributed by atoms with E-state index in [0.29, 0.717) is 17.2 Å². The van der Waals surface area contributed by atoms with Crippen molar-refractivity contribution in [1.29, 1.82) is 0 Å². The lowest BCUT2D eigenvalue weighted by molar-refractivity contribution is 0.324. The molecule has 0 spiro atoms. The fourth-order valence-electron chi connectivity index (χ4n) is 1.53. The van der Waals surface area contributed by atoms with E-state index >= 15 is 0 Å². The molecular weight excluding hydrogens is 236 g/mol. The highest BCUT2D eigenvalue weighted by molar-refractivity contribution is 8.01. The van der Waals surface area contributed by atoms with Gasteiger partial charge in [-0.05, 0) is 35.8 Å². The molecule has 0 aliphatic carbocycles. The van der Waals surface area contributed by atoms with Gasteiger partial charge in [-0.2, -0.15) is 0 Å². The molecule has 3 nitrogen and oxygen atoms in total. The third kappa shape index (κ3) is 3.60. The minimum atomic E-state index is 0.632. The molecule has 0 heterocycles. The summed E-state index contributed by atoms with van der Waals surface area (Å²) >= 11 is 1.68. The fraction of sp³-hybridized carbons (Fsp3) is 0.385. The summed E-state index contributed by atoms with van der Waals surface area (Å²) in [5, 5.41) is 2.06. The smallest absolute Gasteiger partial charge is 0.203 e. The summed E-state index contributed by atoms with van der Waals surface area (Å²) in [5.74, 6) is 2.02. The Bertz CT molecular complexity index is 363. The first-order valence-electron chi connectivity index (χ1n) is 5.23. The number of hydrogen-bond acceptors (Lipinski definition) is 4. The Morgan fingerprint density at radius 2 is 1.65 bits per heavy atom. The molecule has 17 heavy (non-hydrogen) atoms. The van der Waals surface area contributed by atoms with Gasteiger partial charge in [0, 0.05) is 0 Å². The number of hydrogen-bond donors (Lipinski definition) is 0. The molecule has 0 aromatic heterocycles. The highest BCUT2D eigenvalue weighted by Crippen LogP contribution is 2.38. The number of rotatable bonds is 6. The van der Waals surface area contributed by atoms with Gasteiger partial charge in [0.2, 0.25) is 5.75 Å². The lowest BCUT2D eigenvalue weighted by atomic mass is 10.1. The van der Waals surface area contributed by atoms with Crippen LogP contribution in [0.2, 0.25) is 0 Å². The van der Waals surface area contributed by atoms with Crippen molar-refractivity contribution in [3.8, 4) is 17.2 Å². The van der Waals surface area contributed by atoms with Crippen LogP contribution < -0.4 is 14.2 Å². The maximum Gasteiger partial charge on any atom is 0.203 e. The second-order valence-electron chi connectivity index (χ2n) is 3.35. The number of benzene rings is 1. The lowest BCUT2D eigenvalue weighted by Crippen LogP contribution is -1.96. The van der Waals surface area contributed by atoms with Gasteiger partial charge in [-0.15, -0.1) is 11.8 Å². The molecule has 1 aromatic rings. The largest absolute Gasteiger partial charge is 0.493 e. The first-order chi connectivity index (χ1) is 8.26. The zero-order valence-corrected chi connectivity index (χ0v) is 11.5. The van der Waals surface area contributed by atoms with Gasteiger partial charge in [0.25, 0.3) is 0 Å². The summed E-state index contributed by atoms with van der Waals surface area (Å²) in [5.41, 5.74) is 1.13. The van der Waals surface area contributed by atoms with Crippen LogP contribution in [0, 0.1) is 0 Å². The molecule has 0 bridgehead atoms. The van der Waals surface area contributed by atoms with Crippen LogP contribution in [0.3, 0.4) is 0 Å². The SMILES string of the molecule is COc1cc(C/C=C/SC)cc(OC)c1OC. The van der Waals surface area contributed by atoms with E-state index in [4.69, 9.17) is 14.2 Å². The molecule has 4 heteroatoms. The predicted molar refractivity (Wildman–Crippen MR) is 72.5 cm³/mol. The Kier molecular flexibility index (Phi) is 5.77. The lowest BCUT2D eigenvalue weighted by Gasteiger charge is -2.13. The van der Waals surface area contributed by atoms with E-state index in [-0.39, 0.29) is 0 Å². The molecule has 0 atom stereocenters. The third-order valence-corrected chi connectivity index (χ3v) is 2.77. The van der Waals surface area contributed by atoms with Crippen molar-refractivity contribution in [3.63, 3.8) is 0 Å². The summed E-state index contributed by atoms with van der Waals surface area (Å²) < 4.78 is 15.8. The van der Waals surface area contributed by atoms with E-state index in [1.807, 2.05) is 18.4 Å². The molecule has 0 saturated carbocycles. The van der Waals surface area contributed by atoms with E-state index in [0.717, 1.165) is 12.0 Å². The second-order valence-corrected chi connectivity index (χ2v) is 4.09. The molecule has 94 valence electrons. The first kappa shape index (κ1) is 13.8. The van der Waals surface area contributed by atoms with Crippen molar-refractivity contribution >= 4 is 11.8 Å². The number of allylic oxidation sites excluding steroid dienone is 1. The van der Waals surface area contributed by atoms with Gasteiger partial charge in [0.05, 0.1) is 21.3 Å². The molecule has 1 rings (SSSR count). The van der Waals surface area contributed by atoms with Crippen molar-refractivity contribution < 1.29 is 14.2 Å². The van der Waals surface area contributed by atoms with Crippen LogP contribution in [-0.4, -0.2) is 27.6 Å².